The van der Waals surface area contributed by atoms with Gasteiger partial charge in [-0.05, 0) is 56.4 Å². The minimum Gasteiger partial charge on any atom is -0.481 e. The van der Waals surface area contributed by atoms with Crippen LogP contribution < -0.4 is 5.32 Å². The minimum atomic E-state index is -0.958. The van der Waals surface area contributed by atoms with Crippen LogP contribution in [0.1, 0.15) is 73.7 Å². The molecule has 0 spiro atoms. The van der Waals surface area contributed by atoms with Gasteiger partial charge in [0.05, 0.1) is 5.41 Å². The van der Waals surface area contributed by atoms with Crippen LogP contribution in [-0.4, -0.2) is 40.9 Å². The van der Waals surface area contributed by atoms with Gasteiger partial charge in [-0.25, -0.2) is 0 Å². The van der Waals surface area contributed by atoms with E-state index in [4.69, 9.17) is 0 Å². The molecule has 0 unspecified atom stereocenters. The molecular formula is C22H30N2O4. The number of carbonyl (C=O) groups excluding carboxylic acids is 2. The fourth-order valence-electron chi connectivity index (χ4n) is 4.41. The van der Waals surface area contributed by atoms with Gasteiger partial charge in [-0.15, -0.1) is 0 Å². The van der Waals surface area contributed by atoms with E-state index in [1.54, 1.807) is 18.2 Å². The number of hydrogen-bond donors (Lipinski definition) is 2. The van der Waals surface area contributed by atoms with E-state index in [-0.39, 0.29) is 18.2 Å². The molecule has 1 aliphatic heterocycles. The summed E-state index contributed by atoms with van der Waals surface area (Å²) in [5.41, 5.74) is 1.11. The fraction of sp³-hybridized carbons (Fsp3) is 0.591. The van der Waals surface area contributed by atoms with Crippen molar-refractivity contribution in [2.75, 3.05) is 18.4 Å². The minimum absolute atomic E-state index is 0.00374. The van der Waals surface area contributed by atoms with Gasteiger partial charge < -0.3 is 15.3 Å². The van der Waals surface area contributed by atoms with Gasteiger partial charge in [0, 0.05) is 30.8 Å². The summed E-state index contributed by atoms with van der Waals surface area (Å²) in [5, 5.41) is 12.6. The Labute approximate surface area is 166 Å². The highest BCUT2D eigenvalue weighted by molar-refractivity contribution is 5.97. The van der Waals surface area contributed by atoms with Crippen molar-refractivity contribution in [3.8, 4) is 0 Å². The standard InChI is InChI=1S/C22H30N2O4/c1-16-14-17(20(26)24-12-6-7-13-24)8-9-18(16)23-19(25)15-22(21(27)28)10-4-2-3-5-11-22/h8-9,14H,2-7,10-13,15H2,1H3,(H,23,25)(H,27,28). The van der Waals surface area contributed by atoms with Crippen molar-refractivity contribution in [1.82, 2.24) is 4.90 Å². The van der Waals surface area contributed by atoms with E-state index < -0.39 is 11.4 Å². The Morgan fingerprint density at radius 3 is 2.25 bits per heavy atom. The number of carboxylic acid groups (broad SMARTS) is 1. The van der Waals surface area contributed by atoms with Crippen LogP contribution in [0.4, 0.5) is 5.69 Å². The van der Waals surface area contributed by atoms with Gasteiger partial charge in [-0.2, -0.15) is 0 Å². The van der Waals surface area contributed by atoms with E-state index in [0.29, 0.717) is 24.1 Å². The third kappa shape index (κ3) is 4.54. The summed E-state index contributed by atoms with van der Waals surface area (Å²) in [5.74, 6) is -1.11. The van der Waals surface area contributed by atoms with Crippen LogP contribution >= 0.6 is 0 Å². The van der Waals surface area contributed by atoms with Gasteiger partial charge in [0.15, 0.2) is 0 Å². The molecular weight excluding hydrogens is 356 g/mol. The lowest BCUT2D eigenvalue weighted by atomic mass is 9.77. The molecule has 6 nitrogen and oxygen atoms in total. The Balaban J connectivity index is 1.67. The van der Waals surface area contributed by atoms with Crippen molar-refractivity contribution >= 4 is 23.5 Å². The largest absolute Gasteiger partial charge is 0.481 e. The number of aliphatic carboxylic acids is 1. The van der Waals surface area contributed by atoms with Gasteiger partial charge in [0.25, 0.3) is 5.91 Å². The average molecular weight is 386 g/mol. The summed E-state index contributed by atoms with van der Waals surface area (Å²) in [6.07, 6.45) is 6.96. The molecule has 3 rings (SSSR count). The molecule has 2 amide bonds. The molecule has 152 valence electrons. The Kier molecular flexibility index (Phi) is 6.37. The summed E-state index contributed by atoms with van der Waals surface area (Å²) in [7, 11) is 0. The Bertz CT molecular complexity index is 745. The van der Waals surface area contributed by atoms with Crippen molar-refractivity contribution < 1.29 is 19.5 Å². The number of hydrogen-bond acceptors (Lipinski definition) is 3. The van der Waals surface area contributed by atoms with E-state index in [9.17, 15) is 19.5 Å². The van der Waals surface area contributed by atoms with Crippen LogP contribution in [-0.2, 0) is 9.59 Å². The predicted molar refractivity (Wildman–Crippen MR) is 107 cm³/mol. The van der Waals surface area contributed by atoms with Crippen LogP contribution in [0.15, 0.2) is 18.2 Å². The normalized spacial score (nSPS) is 19.1. The summed E-state index contributed by atoms with van der Waals surface area (Å²) in [6, 6.07) is 5.29. The molecule has 0 aromatic heterocycles. The van der Waals surface area contributed by atoms with Crippen LogP contribution in [0.2, 0.25) is 0 Å². The Hall–Kier alpha value is -2.37. The number of benzene rings is 1. The molecule has 28 heavy (non-hydrogen) atoms. The average Bonchev–Trinajstić information content (AvgIpc) is 3.09. The van der Waals surface area contributed by atoms with Crippen LogP contribution in [0, 0.1) is 12.3 Å². The molecule has 1 saturated heterocycles. The van der Waals surface area contributed by atoms with Crippen LogP contribution in [0.5, 0.6) is 0 Å². The second-order valence-electron chi connectivity index (χ2n) is 8.25. The van der Waals surface area contributed by atoms with Crippen LogP contribution in [0.25, 0.3) is 0 Å². The Morgan fingerprint density at radius 2 is 1.68 bits per heavy atom. The maximum absolute atomic E-state index is 12.6. The lowest BCUT2D eigenvalue weighted by molar-refractivity contribution is -0.152. The molecule has 6 heteroatoms. The first-order chi connectivity index (χ1) is 13.4. The molecule has 0 radical (unpaired) electrons. The third-order valence-electron chi connectivity index (χ3n) is 6.15. The molecule has 1 heterocycles. The fourth-order valence-corrected chi connectivity index (χ4v) is 4.41. The zero-order valence-corrected chi connectivity index (χ0v) is 16.6. The number of nitrogens with zero attached hydrogens (tertiary/aromatic N) is 1. The molecule has 1 aromatic rings. The van der Waals surface area contributed by atoms with Crippen molar-refractivity contribution in [3.05, 3.63) is 29.3 Å². The molecule has 2 fully saturated rings. The third-order valence-corrected chi connectivity index (χ3v) is 6.15. The van der Waals surface area contributed by atoms with E-state index >= 15 is 0 Å². The first-order valence-corrected chi connectivity index (χ1v) is 10.3. The van der Waals surface area contributed by atoms with Crippen molar-refractivity contribution in [2.45, 2.75) is 64.7 Å². The molecule has 0 atom stereocenters. The summed E-state index contributed by atoms with van der Waals surface area (Å²) in [4.78, 5) is 38.9. The molecule has 1 aliphatic carbocycles. The van der Waals surface area contributed by atoms with Crippen LogP contribution in [0.3, 0.4) is 0 Å². The highest BCUT2D eigenvalue weighted by atomic mass is 16.4. The molecule has 0 bridgehead atoms. The number of rotatable bonds is 5. The van der Waals surface area contributed by atoms with Crippen molar-refractivity contribution in [3.63, 3.8) is 0 Å². The van der Waals surface area contributed by atoms with E-state index in [1.807, 2.05) is 11.8 Å². The monoisotopic (exact) mass is 386 g/mol. The molecule has 1 saturated carbocycles. The van der Waals surface area contributed by atoms with Crippen molar-refractivity contribution in [1.29, 1.82) is 0 Å². The van der Waals surface area contributed by atoms with E-state index in [0.717, 1.165) is 57.2 Å². The number of aryl methyl sites for hydroxylation is 1. The molecule has 1 aromatic carbocycles. The van der Waals surface area contributed by atoms with Gasteiger partial charge >= 0.3 is 5.97 Å². The molecule has 2 N–H and O–H groups in total. The maximum atomic E-state index is 12.6. The zero-order valence-electron chi connectivity index (χ0n) is 16.6. The number of nitrogens with one attached hydrogen (secondary N) is 1. The topological polar surface area (TPSA) is 86.7 Å². The first-order valence-electron chi connectivity index (χ1n) is 10.3. The van der Waals surface area contributed by atoms with Crippen molar-refractivity contribution in [2.24, 2.45) is 5.41 Å². The highest BCUT2D eigenvalue weighted by Gasteiger charge is 2.40. The van der Waals surface area contributed by atoms with Gasteiger partial charge in [-0.1, -0.05) is 25.7 Å². The summed E-state index contributed by atoms with van der Waals surface area (Å²) < 4.78 is 0. The number of anilines is 1. The summed E-state index contributed by atoms with van der Waals surface area (Å²) >= 11 is 0. The number of carboxylic acids is 1. The van der Waals surface area contributed by atoms with E-state index in [1.165, 1.54) is 0 Å². The number of amides is 2. The lowest BCUT2D eigenvalue weighted by Gasteiger charge is -2.27. The first kappa shape index (κ1) is 20.4. The lowest BCUT2D eigenvalue weighted by Crippen LogP contribution is -2.35. The second kappa shape index (κ2) is 8.76. The van der Waals surface area contributed by atoms with E-state index in [2.05, 4.69) is 5.32 Å². The highest BCUT2D eigenvalue weighted by Crippen LogP contribution is 2.38. The SMILES string of the molecule is Cc1cc(C(=O)N2CCCC2)ccc1NC(=O)CC1(C(=O)O)CCCCCC1. The van der Waals surface area contributed by atoms with Gasteiger partial charge in [0.2, 0.25) is 5.91 Å². The Morgan fingerprint density at radius 1 is 1.04 bits per heavy atom. The smallest absolute Gasteiger partial charge is 0.310 e. The zero-order chi connectivity index (χ0) is 20.1. The van der Waals surface area contributed by atoms with Gasteiger partial charge in [0.1, 0.15) is 0 Å². The van der Waals surface area contributed by atoms with Gasteiger partial charge in [-0.3, -0.25) is 14.4 Å². The summed E-state index contributed by atoms with van der Waals surface area (Å²) in [6.45, 7) is 3.45. The second-order valence-corrected chi connectivity index (χ2v) is 8.25. The molecule has 2 aliphatic rings. The quantitative estimate of drug-likeness (QED) is 0.749. The number of likely N-dealkylation sites (tertiary alicyclic amines) is 1. The number of carbonyl (C=O) groups is 3. The maximum Gasteiger partial charge on any atom is 0.310 e. The predicted octanol–water partition coefficient (Wildman–Crippen LogP) is 3.98.